The van der Waals surface area contributed by atoms with E-state index < -0.39 is 5.91 Å². The average Bonchev–Trinajstić information content (AvgIpc) is 1.91. The maximum Gasteiger partial charge on any atom is 0.240 e. The highest BCUT2D eigenvalue weighted by Crippen LogP contribution is 1.77. The van der Waals surface area contributed by atoms with E-state index in [0.717, 1.165) is 12.6 Å². The molecule has 0 saturated heterocycles. The third-order valence-corrected chi connectivity index (χ3v) is 0.759. The maximum atomic E-state index is 9.47. The molecular weight excluding hydrogens is 128 g/mol. The average molecular weight is 144 g/mol. The predicted octanol–water partition coefficient (Wildman–Crippen LogP) is 0.403. The Morgan fingerprint density at radius 1 is 1.70 bits per heavy atom. The first-order chi connectivity index (χ1) is 4.68. The van der Waals surface area contributed by atoms with E-state index in [2.05, 4.69) is 19.2 Å². The molecule has 0 rings (SSSR count). The molecule has 0 unspecified atom stereocenters. The summed E-state index contributed by atoms with van der Waals surface area (Å²) in [5, 5.41) is 0. The van der Waals surface area contributed by atoms with Crippen molar-refractivity contribution in [1.29, 1.82) is 0 Å². The van der Waals surface area contributed by atoms with Gasteiger partial charge in [-0.1, -0.05) is 19.9 Å². The van der Waals surface area contributed by atoms with Crippen LogP contribution < -0.4 is 11.5 Å². The first-order valence-electron chi connectivity index (χ1n) is 3.31. The van der Waals surface area contributed by atoms with E-state index in [0.29, 0.717) is 0 Å². The van der Waals surface area contributed by atoms with Gasteiger partial charge in [-0.3, -0.25) is 4.79 Å². The number of rotatable bonds is 3. The second kappa shape index (κ2) is 11.0. The van der Waals surface area contributed by atoms with Crippen molar-refractivity contribution in [2.24, 2.45) is 11.5 Å². The molecule has 0 spiro atoms. The van der Waals surface area contributed by atoms with Gasteiger partial charge in [-0.15, -0.1) is 0 Å². The van der Waals surface area contributed by atoms with Crippen LogP contribution in [0.2, 0.25) is 0 Å². The van der Waals surface area contributed by atoms with Crippen molar-refractivity contribution < 1.29 is 4.79 Å². The fourth-order valence-corrected chi connectivity index (χ4v) is 0.204. The smallest absolute Gasteiger partial charge is 0.240 e. The summed E-state index contributed by atoms with van der Waals surface area (Å²) < 4.78 is 0. The van der Waals surface area contributed by atoms with Gasteiger partial charge in [-0.25, -0.2) is 0 Å². The van der Waals surface area contributed by atoms with Gasteiger partial charge in [0, 0.05) is 0 Å². The lowest BCUT2D eigenvalue weighted by Crippen LogP contribution is -2.04. The van der Waals surface area contributed by atoms with E-state index in [-0.39, 0.29) is 0 Å². The summed E-state index contributed by atoms with van der Waals surface area (Å²) in [5.74, 6) is -0.481. The standard InChI is InChI=1S/C4H11N.C3H5NO/c1-2-3-4-5;1-2-3(4)5/h2-5H2,1H3;2H,1H2,(H2,4,5). The molecule has 60 valence electrons. The number of amides is 1. The van der Waals surface area contributed by atoms with Crippen molar-refractivity contribution in [2.75, 3.05) is 6.54 Å². The number of hydrogen-bond acceptors (Lipinski definition) is 2. The van der Waals surface area contributed by atoms with E-state index >= 15 is 0 Å². The summed E-state index contributed by atoms with van der Waals surface area (Å²) in [4.78, 5) is 9.47. The molecular formula is C7H16N2O. The molecule has 0 heterocycles. The monoisotopic (exact) mass is 144 g/mol. The highest BCUT2D eigenvalue weighted by Gasteiger charge is 1.69. The van der Waals surface area contributed by atoms with Crippen molar-refractivity contribution in [2.45, 2.75) is 19.8 Å². The molecule has 0 fully saturated rings. The van der Waals surface area contributed by atoms with Crippen molar-refractivity contribution >= 4 is 5.91 Å². The molecule has 10 heavy (non-hydrogen) atoms. The molecule has 0 aliphatic heterocycles. The van der Waals surface area contributed by atoms with Gasteiger partial charge in [0.1, 0.15) is 0 Å². The van der Waals surface area contributed by atoms with Crippen molar-refractivity contribution in [3.05, 3.63) is 12.7 Å². The highest BCUT2D eigenvalue weighted by molar-refractivity contribution is 5.84. The number of unbranched alkanes of at least 4 members (excludes halogenated alkanes) is 1. The van der Waals surface area contributed by atoms with Gasteiger partial charge < -0.3 is 11.5 Å². The quantitative estimate of drug-likeness (QED) is 0.563. The molecule has 3 nitrogen and oxygen atoms in total. The Hall–Kier alpha value is -0.830. The van der Waals surface area contributed by atoms with Gasteiger partial charge in [0.05, 0.1) is 0 Å². The number of carbonyl (C=O) groups is 1. The first kappa shape index (κ1) is 11.9. The largest absolute Gasteiger partial charge is 0.366 e. The second-order valence-electron chi connectivity index (χ2n) is 1.75. The number of primary amides is 1. The topological polar surface area (TPSA) is 69.1 Å². The van der Waals surface area contributed by atoms with Crippen LogP contribution in [0.15, 0.2) is 12.7 Å². The molecule has 0 saturated carbocycles. The summed E-state index contributed by atoms with van der Waals surface area (Å²) in [6, 6.07) is 0. The lowest BCUT2D eigenvalue weighted by Gasteiger charge is -1.80. The van der Waals surface area contributed by atoms with Crippen LogP contribution in [0.1, 0.15) is 19.8 Å². The van der Waals surface area contributed by atoms with E-state index in [1.165, 1.54) is 12.8 Å². The molecule has 0 atom stereocenters. The van der Waals surface area contributed by atoms with Crippen LogP contribution in [-0.2, 0) is 4.79 Å². The number of nitrogens with two attached hydrogens (primary N) is 2. The van der Waals surface area contributed by atoms with E-state index in [1.54, 1.807) is 0 Å². The predicted molar refractivity (Wildman–Crippen MR) is 43.4 cm³/mol. The third kappa shape index (κ3) is 27.2. The zero-order valence-electron chi connectivity index (χ0n) is 6.47. The van der Waals surface area contributed by atoms with Crippen LogP contribution >= 0.6 is 0 Å². The Morgan fingerprint density at radius 3 is 2.10 bits per heavy atom. The van der Waals surface area contributed by atoms with Gasteiger partial charge in [0.25, 0.3) is 0 Å². The molecule has 0 aliphatic rings. The zero-order valence-corrected chi connectivity index (χ0v) is 6.47. The lowest BCUT2D eigenvalue weighted by atomic mass is 10.3. The molecule has 3 heteroatoms. The molecule has 0 aromatic rings. The normalized spacial score (nSPS) is 7.40. The minimum absolute atomic E-state index is 0.481. The van der Waals surface area contributed by atoms with Crippen LogP contribution in [-0.4, -0.2) is 12.5 Å². The van der Waals surface area contributed by atoms with Gasteiger partial charge in [0.2, 0.25) is 5.91 Å². The SMILES string of the molecule is C=CC(N)=O.CCCCN. The minimum atomic E-state index is -0.481. The Morgan fingerprint density at radius 2 is 2.10 bits per heavy atom. The van der Waals surface area contributed by atoms with Gasteiger partial charge in [-0.05, 0) is 19.0 Å². The minimum Gasteiger partial charge on any atom is -0.366 e. The summed E-state index contributed by atoms with van der Waals surface area (Å²) >= 11 is 0. The molecule has 0 bridgehead atoms. The first-order valence-corrected chi connectivity index (χ1v) is 3.31. The summed E-state index contributed by atoms with van der Waals surface area (Å²) in [5.41, 5.74) is 9.67. The molecule has 0 aromatic carbocycles. The van der Waals surface area contributed by atoms with E-state index in [4.69, 9.17) is 5.73 Å². The van der Waals surface area contributed by atoms with Crippen molar-refractivity contribution in [3.8, 4) is 0 Å². The number of carbonyl (C=O) groups excluding carboxylic acids is 1. The molecule has 0 radical (unpaired) electrons. The third-order valence-electron chi connectivity index (χ3n) is 0.759. The van der Waals surface area contributed by atoms with Crippen molar-refractivity contribution in [3.63, 3.8) is 0 Å². The van der Waals surface area contributed by atoms with Crippen molar-refractivity contribution in [1.82, 2.24) is 0 Å². The van der Waals surface area contributed by atoms with E-state index in [9.17, 15) is 4.79 Å². The van der Waals surface area contributed by atoms with Gasteiger partial charge in [-0.2, -0.15) is 0 Å². The Labute approximate surface area is 62.1 Å². The van der Waals surface area contributed by atoms with Crippen LogP contribution in [0.4, 0.5) is 0 Å². The summed E-state index contributed by atoms with van der Waals surface area (Å²) in [6.45, 7) is 6.06. The summed E-state index contributed by atoms with van der Waals surface area (Å²) in [6.07, 6.45) is 3.44. The Balaban J connectivity index is 0. The molecule has 0 aliphatic carbocycles. The van der Waals surface area contributed by atoms with Crippen LogP contribution in [0.25, 0.3) is 0 Å². The second-order valence-corrected chi connectivity index (χ2v) is 1.75. The lowest BCUT2D eigenvalue weighted by molar-refractivity contribution is -0.113. The van der Waals surface area contributed by atoms with Gasteiger partial charge in [0.15, 0.2) is 0 Å². The Bertz CT molecular complexity index is 89.6. The maximum absolute atomic E-state index is 9.47. The fourth-order valence-electron chi connectivity index (χ4n) is 0.204. The van der Waals surface area contributed by atoms with Crippen LogP contribution in [0.3, 0.4) is 0 Å². The Kier molecular flexibility index (Phi) is 13.1. The van der Waals surface area contributed by atoms with E-state index in [1.807, 2.05) is 0 Å². The summed E-state index contributed by atoms with van der Waals surface area (Å²) in [7, 11) is 0. The molecule has 0 aromatic heterocycles. The number of hydrogen-bond donors (Lipinski definition) is 2. The van der Waals surface area contributed by atoms with Crippen LogP contribution in [0, 0.1) is 0 Å². The molecule has 1 amide bonds. The van der Waals surface area contributed by atoms with Crippen LogP contribution in [0.5, 0.6) is 0 Å². The molecule has 4 N–H and O–H groups in total. The fraction of sp³-hybridized carbons (Fsp3) is 0.571. The zero-order chi connectivity index (χ0) is 8.41. The highest BCUT2D eigenvalue weighted by atomic mass is 16.1. The van der Waals surface area contributed by atoms with Gasteiger partial charge >= 0.3 is 0 Å².